The highest BCUT2D eigenvalue weighted by molar-refractivity contribution is 5.81. The summed E-state index contributed by atoms with van der Waals surface area (Å²) in [6.45, 7) is 8.55. The van der Waals surface area contributed by atoms with Gasteiger partial charge in [0.2, 0.25) is 5.91 Å². The predicted octanol–water partition coefficient (Wildman–Crippen LogP) is 3.83. The van der Waals surface area contributed by atoms with Crippen molar-refractivity contribution in [3.05, 3.63) is 42.1 Å². The Morgan fingerprint density at radius 3 is 2.80 bits per heavy atom. The lowest BCUT2D eigenvalue weighted by Gasteiger charge is -2.32. The van der Waals surface area contributed by atoms with Crippen LogP contribution in [0.15, 0.2) is 36.5 Å². The van der Waals surface area contributed by atoms with E-state index in [1.165, 1.54) is 43.2 Å². The molecule has 1 amide bonds. The Kier molecular flexibility index (Phi) is 7.34. The number of carbonyl (C=O) groups excluding carboxylic acids is 1. The summed E-state index contributed by atoms with van der Waals surface area (Å²) in [5.74, 6) is 0.920. The van der Waals surface area contributed by atoms with Crippen molar-refractivity contribution in [3.8, 4) is 0 Å². The van der Waals surface area contributed by atoms with E-state index in [0.717, 1.165) is 44.7 Å². The normalized spacial score (nSPS) is 21.3. The van der Waals surface area contributed by atoms with Crippen molar-refractivity contribution in [2.24, 2.45) is 5.92 Å². The number of rotatable bonds is 8. The van der Waals surface area contributed by atoms with E-state index in [4.69, 9.17) is 0 Å². The van der Waals surface area contributed by atoms with Crippen LogP contribution >= 0.6 is 0 Å². The molecule has 4 rings (SSSR count). The second kappa shape index (κ2) is 10.4. The highest BCUT2D eigenvalue weighted by Crippen LogP contribution is 2.25. The van der Waals surface area contributed by atoms with Crippen LogP contribution in [0.2, 0.25) is 0 Å². The number of fused-ring (bicyclic) bond motifs is 1. The molecule has 0 aliphatic carbocycles. The van der Waals surface area contributed by atoms with E-state index >= 15 is 0 Å². The first-order valence-corrected chi connectivity index (χ1v) is 11.8. The number of benzene rings is 1. The number of para-hydroxylation sites is 1. The van der Waals surface area contributed by atoms with E-state index in [1.54, 1.807) is 0 Å². The summed E-state index contributed by atoms with van der Waals surface area (Å²) < 4.78 is 0. The minimum absolute atomic E-state index is 0.239. The summed E-state index contributed by atoms with van der Waals surface area (Å²) in [6.07, 6.45) is 8.51. The topological polar surface area (TPSA) is 48.5 Å². The molecule has 5 nitrogen and oxygen atoms in total. The molecule has 1 N–H and O–H groups in total. The molecule has 1 aromatic heterocycles. The van der Waals surface area contributed by atoms with Gasteiger partial charge in [0.1, 0.15) is 0 Å². The van der Waals surface area contributed by atoms with Crippen LogP contribution in [-0.4, -0.2) is 59.5 Å². The molecule has 2 aliphatic heterocycles. The van der Waals surface area contributed by atoms with Gasteiger partial charge in [-0.15, -0.1) is 0 Å². The molecule has 1 atom stereocenters. The van der Waals surface area contributed by atoms with E-state index in [9.17, 15) is 4.79 Å². The van der Waals surface area contributed by atoms with Crippen LogP contribution in [0.5, 0.6) is 0 Å². The Hall–Kier alpha value is -1.98. The second-order valence-corrected chi connectivity index (χ2v) is 8.97. The van der Waals surface area contributed by atoms with Crippen LogP contribution in [0.3, 0.4) is 0 Å². The molecule has 1 aromatic carbocycles. The van der Waals surface area contributed by atoms with Gasteiger partial charge in [0.25, 0.3) is 0 Å². The summed E-state index contributed by atoms with van der Waals surface area (Å²) in [5, 5.41) is 4.46. The quantitative estimate of drug-likeness (QED) is 0.721. The lowest BCUT2D eigenvalue weighted by atomic mass is 9.91. The SMILES string of the molecule is CCN1CCCC1CNC(=O)CCC1CCN(Cc2ccnc3ccccc23)CC1. The Labute approximate surface area is 180 Å². The third-order valence-electron chi connectivity index (χ3n) is 7.06. The lowest BCUT2D eigenvalue weighted by molar-refractivity contribution is -0.121. The number of pyridine rings is 1. The number of hydrogen-bond acceptors (Lipinski definition) is 4. The molecule has 0 radical (unpaired) electrons. The number of amides is 1. The molecule has 0 bridgehead atoms. The Bertz CT molecular complexity index is 826. The van der Waals surface area contributed by atoms with Crippen LogP contribution in [0.4, 0.5) is 0 Å². The summed E-state index contributed by atoms with van der Waals surface area (Å²) in [7, 11) is 0. The number of aromatic nitrogens is 1. The molecule has 0 saturated carbocycles. The number of piperidine rings is 1. The van der Waals surface area contributed by atoms with Gasteiger partial charge in [-0.05, 0) is 81.9 Å². The average Bonchev–Trinajstić information content (AvgIpc) is 3.25. The number of hydrogen-bond donors (Lipinski definition) is 1. The van der Waals surface area contributed by atoms with Crippen molar-refractivity contribution in [2.75, 3.05) is 32.7 Å². The largest absolute Gasteiger partial charge is 0.355 e. The van der Waals surface area contributed by atoms with Gasteiger partial charge in [-0.3, -0.25) is 19.6 Å². The minimum Gasteiger partial charge on any atom is -0.355 e. The zero-order chi connectivity index (χ0) is 20.8. The highest BCUT2D eigenvalue weighted by Gasteiger charge is 2.24. The van der Waals surface area contributed by atoms with Gasteiger partial charge in [-0.2, -0.15) is 0 Å². The zero-order valence-corrected chi connectivity index (χ0v) is 18.4. The van der Waals surface area contributed by atoms with Crippen LogP contribution in [0.1, 0.15) is 51.0 Å². The molecular weight excluding hydrogens is 372 g/mol. The zero-order valence-electron chi connectivity index (χ0n) is 18.4. The van der Waals surface area contributed by atoms with Crippen LogP contribution in [-0.2, 0) is 11.3 Å². The van der Waals surface area contributed by atoms with E-state index in [1.807, 2.05) is 12.3 Å². The first kappa shape index (κ1) is 21.3. The standard InChI is InChI=1S/C25H36N4O/c1-2-29-15-5-6-22(29)18-27-25(30)10-9-20-12-16-28(17-13-20)19-21-11-14-26-24-8-4-3-7-23(21)24/h3-4,7-8,11,14,20,22H,2,5-6,9-10,12-13,15-19H2,1H3,(H,27,30). The molecule has 2 fully saturated rings. The van der Waals surface area contributed by atoms with Gasteiger partial charge in [0.15, 0.2) is 0 Å². The van der Waals surface area contributed by atoms with E-state index in [-0.39, 0.29) is 5.91 Å². The number of nitrogens with zero attached hydrogens (tertiary/aromatic N) is 3. The van der Waals surface area contributed by atoms with Crippen molar-refractivity contribution in [1.82, 2.24) is 20.1 Å². The molecule has 30 heavy (non-hydrogen) atoms. The molecule has 2 aromatic rings. The maximum Gasteiger partial charge on any atom is 0.220 e. The summed E-state index contributed by atoms with van der Waals surface area (Å²) in [5.41, 5.74) is 2.45. The van der Waals surface area contributed by atoms with Gasteiger partial charge in [0, 0.05) is 37.1 Å². The third kappa shape index (κ3) is 5.38. The van der Waals surface area contributed by atoms with Gasteiger partial charge in [-0.1, -0.05) is 25.1 Å². The number of nitrogens with one attached hydrogen (secondary N) is 1. The van der Waals surface area contributed by atoms with E-state index in [2.05, 4.69) is 51.3 Å². The summed E-state index contributed by atoms with van der Waals surface area (Å²) in [6, 6.07) is 11.1. The van der Waals surface area contributed by atoms with Gasteiger partial charge < -0.3 is 5.32 Å². The molecule has 2 aliphatic rings. The maximum atomic E-state index is 12.3. The van der Waals surface area contributed by atoms with E-state index in [0.29, 0.717) is 18.4 Å². The van der Waals surface area contributed by atoms with Crippen molar-refractivity contribution in [2.45, 2.75) is 58.0 Å². The third-order valence-corrected chi connectivity index (χ3v) is 7.06. The van der Waals surface area contributed by atoms with Crippen molar-refractivity contribution in [1.29, 1.82) is 0 Å². The number of likely N-dealkylation sites (N-methyl/N-ethyl adjacent to an activating group) is 1. The fourth-order valence-electron chi connectivity index (χ4n) is 5.16. The van der Waals surface area contributed by atoms with Crippen molar-refractivity contribution >= 4 is 16.8 Å². The molecule has 162 valence electrons. The summed E-state index contributed by atoms with van der Waals surface area (Å²) >= 11 is 0. The predicted molar refractivity (Wildman–Crippen MR) is 122 cm³/mol. The first-order valence-electron chi connectivity index (χ1n) is 11.8. The average molecular weight is 409 g/mol. The fraction of sp³-hybridized carbons (Fsp3) is 0.600. The molecule has 5 heteroatoms. The van der Waals surface area contributed by atoms with E-state index < -0.39 is 0 Å². The molecule has 0 spiro atoms. The molecule has 2 saturated heterocycles. The number of likely N-dealkylation sites (tertiary alicyclic amines) is 2. The maximum absolute atomic E-state index is 12.3. The summed E-state index contributed by atoms with van der Waals surface area (Å²) in [4.78, 5) is 21.8. The van der Waals surface area contributed by atoms with Gasteiger partial charge in [0.05, 0.1) is 5.52 Å². The smallest absolute Gasteiger partial charge is 0.220 e. The fourth-order valence-corrected chi connectivity index (χ4v) is 5.16. The molecular formula is C25H36N4O. The monoisotopic (exact) mass is 408 g/mol. The Balaban J connectivity index is 1.17. The van der Waals surface area contributed by atoms with Gasteiger partial charge in [-0.25, -0.2) is 0 Å². The Morgan fingerprint density at radius 2 is 1.97 bits per heavy atom. The van der Waals surface area contributed by atoms with Crippen LogP contribution in [0, 0.1) is 5.92 Å². The number of carbonyl (C=O) groups is 1. The second-order valence-electron chi connectivity index (χ2n) is 8.97. The minimum atomic E-state index is 0.239. The first-order chi connectivity index (χ1) is 14.7. The van der Waals surface area contributed by atoms with Gasteiger partial charge >= 0.3 is 0 Å². The Morgan fingerprint density at radius 1 is 1.13 bits per heavy atom. The van der Waals surface area contributed by atoms with Crippen molar-refractivity contribution in [3.63, 3.8) is 0 Å². The highest BCUT2D eigenvalue weighted by atomic mass is 16.1. The molecule has 1 unspecified atom stereocenters. The van der Waals surface area contributed by atoms with Crippen LogP contribution in [0.25, 0.3) is 10.9 Å². The van der Waals surface area contributed by atoms with Crippen molar-refractivity contribution < 1.29 is 4.79 Å². The lowest BCUT2D eigenvalue weighted by Crippen LogP contribution is -2.40. The molecule has 3 heterocycles. The van der Waals surface area contributed by atoms with Crippen LogP contribution < -0.4 is 5.32 Å².